The molecule has 1 amide bonds. The highest BCUT2D eigenvalue weighted by molar-refractivity contribution is 6.00. The molecule has 164 valence electrons. The maximum Gasteiger partial charge on any atom is 0.416 e. The number of hydrogen-bond acceptors (Lipinski definition) is 2. The molecule has 0 radical (unpaired) electrons. The highest BCUT2D eigenvalue weighted by atomic mass is 19.4. The summed E-state index contributed by atoms with van der Waals surface area (Å²) < 4.78 is 46.2. The Morgan fingerprint density at radius 3 is 2.58 bits per heavy atom. The van der Waals surface area contributed by atoms with Crippen molar-refractivity contribution in [3.63, 3.8) is 0 Å². The molecule has 31 heavy (non-hydrogen) atoms. The molecule has 0 saturated carbocycles. The lowest BCUT2D eigenvalue weighted by molar-refractivity contribution is -0.137. The van der Waals surface area contributed by atoms with Crippen molar-refractivity contribution in [2.75, 3.05) is 13.2 Å². The SMILES string of the molecule is C=CCOc1cccc2c1cc(C(=O)NCCCC)n2Cc1ccc(C(F)(F)F)cc1. The zero-order valence-electron chi connectivity index (χ0n) is 17.3. The number of benzene rings is 2. The predicted octanol–water partition coefficient (Wildman–Crippen LogP) is 5.80. The first-order valence-corrected chi connectivity index (χ1v) is 10.2. The Balaban J connectivity index is 2.01. The maximum absolute atomic E-state index is 12.9. The van der Waals surface area contributed by atoms with Gasteiger partial charge in [-0.05, 0) is 42.3 Å². The van der Waals surface area contributed by atoms with Gasteiger partial charge in [0.2, 0.25) is 0 Å². The van der Waals surface area contributed by atoms with Gasteiger partial charge in [-0.25, -0.2) is 0 Å². The summed E-state index contributed by atoms with van der Waals surface area (Å²) in [4.78, 5) is 12.9. The van der Waals surface area contributed by atoms with Crippen LogP contribution in [0.4, 0.5) is 13.2 Å². The summed E-state index contributed by atoms with van der Waals surface area (Å²) in [5, 5.41) is 3.67. The first-order valence-electron chi connectivity index (χ1n) is 10.2. The summed E-state index contributed by atoms with van der Waals surface area (Å²) in [6.45, 7) is 6.82. The third-order valence-electron chi connectivity index (χ3n) is 4.93. The molecular formula is C24H25F3N2O2. The molecule has 4 nitrogen and oxygen atoms in total. The normalized spacial score (nSPS) is 11.5. The van der Waals surface area contributed by atoms with Crippen LogP contribution in [0.1, 0.15) is 41.4 Å². The van der Waals surface area contributed by atoms with E-state index in [9.17, 15) is 18.0 Å². The summed E-state index contributed by atoms with van der Waals surface area (Å²) >= 11 is 0. The van der Waals surface area contributed by atoms with Gasteiger partial charge in [-0.2, -0.15) is 13.2 Å². The molecule has 1 heterocycles. The van der Waals surface area contributed by atoms with E-state index in [-0.39, 0.29) is 12.5 Å². The van der Waals surface area contributed by atoms with Gasteiger partial charge in [0.05, 0.1) is 11.1 Å². The number of carbonyl (C=O) groups is 1. The van der Waals surface area contributed by atoms with Crippen LogP contribution in [-0.4, -0.2) is 23.6 Å². The van der Waals surface area contributed by atoms with E-state index in [0.717, 1.165) is 35.9 Å². The molecule has 3 aromatic rings. The van der Waals surface area contributed by atoms with Gasteiger partial charge >= 0.3 is 6.18 Å². The summed E-state index contributed by atoms with van der Waals surface area (Å²) in [5.41, 5.74) is 1.15. The topological polar surface area (TPSA) is 43.3 Å². The standard InChI is InChI=1S/C24H25F3N2O2/c1-3-5-13-28-23(30)21-15-19-20(7-6-8-22(19)31-14-4-2)29(21)16-17-9-11-18(12-10-17)24(25,26)27/h4,6-12,15H,2-3,5,13-14,16H2,1H3,(H,28,30). The summed E-state index contributed by atoms with van der Waals surface area (Å²) in [6.07, 6.45) is -0.941. The smallest absolute Gasteiger partial charge is 0.416 e. The molecular weight excluding hydrogens is 405 g/mol. The molecule has 1 aromatic heterocycles. The number of hydrogen-bond donors (Lipinski definition) is 1. The number of aromatic nitrogens is 1. The van der Waals surface area contributed by atoms with Crippen molar-refractivity contribution in [3.8, 4) is 5.75 Å². The lowest BCUT2D eigenvalue weighted by Gasteiger charge is -2.13. The molecule has 0 spiro atoms. The Morgan fingerprint density at radius 1 is 1.19 bits per heavy atom. The van der Waals surface area contributed by atoms with Crippen molar-refractivity contribution in [2.24, 2.45) is 0 Å². The maximum atomic E-state index is 12.9. The number of rotatable bonds is 9. The van der Waals surface area contributed by atoms with Crippen molar-refractivity contribution in [1.82, 2.24) is 9.88 Å². The number of fused-ring (bicyclic) bond motifs is 1. The molecule has 2 aromatic carbocycles. The summed E-state index contributed by atoms with van der Waals surface area (Å²) in [7, 11) is 0. The molecule has 0 aliphatic rings. The minimum atomic E-state index is -4.39. The van der Waals surface area contributed by atoms with E-state index in [2.05, 4.69) is 11.9 Å². The average molecular weight is 430 g/mol. The predicted molar refractivity (Wildman–Crippen MR) is 115 cm³/mol. The quantitative estimate of drug-likeness (QED) is 0.344. The molecule has 1 N–H and O–H groups in total. The highest BCUT2D eigenvalue weighted by Crippen LogP contribution is 2.31. The van der Waals surface area contributed by atoms with Crippen LogP contribution in [0.25, 0.3) is 10.9 Å². The second-order valence-electron chi connectivity index (χ2n) is 7.21. The van der Waals surface area contributed by atoms with Crippen molar-refractivity contribution in [2.45, 2.75) is 32.5 Å². The van der Waals surface area contributed by atoms with Gasteiger partial charge in [0, 0.05) is 18.5 Å². The summed E-state index contributed by atoms with van der Waals surface area (Å²) in [5.74, 6) is 0.386. The van der Waals surface area contributed by atoms with Crippen LogP contribution in [0.15, 0.2) is 61.2 Å². The van der Waals surface area contributed by atoms with Gasteiger partial charge < -0.3 is 14.6 Å². The molecule has 0 fully saturated rings. The highest BCUT2D eigenvalue weighted by Gasteiger charge is 2.30. The number of nitrogens with one attached hydrogen (secondary N) is 1. The number of ether oxygens (including phenoxy) is 1. The molecule has 0 unspecified atom stereocenters. The van der Waals surface area contributed by atoms with Crippen LogP contribution in [0, 0.1) is 0 Å². The van der Waals surface area contributed by atoms with E-state index in [1.807, 2.05) is 25.1 Å². The second kappa shape index (κ2) is 9.73. The van der Waals surface area contributed by atoms with Crippen molar-refractivity contribution in [1.29, 1.82) is 0 Å². The van der Waals surface area contributed by atoms with E-state index < -0.39 is 11.7 Å². The monoisotopic (exact) mass is 430 g/mol. The third-order valence-corrected chi connectivity index (χ3v) is 4.93. The molecule has 0 aliphatic carbocycles. The van der Waals surface area contributed by atoms with Crippen molar-refractivity contribution < 1.29 is 22.7 Å². The van der Waals surface area contributed by atoms with Crippen molar-refractivity contribution in [3.05, 3.63) is 78.0 Å². The van der Waals surface area contributed by atoms with E-state index >= 15 is 0 Å². The number of amides is 1. The van der Waals surface area contributed by atoms with Crippen LogP contribution in [0.5, 0.6) is 5.75 Å². The first kappa shape index (κ1) is 22.5. The van der Waals surface area contributed by atoms with Gasteiger partial charge in [-0.15, -0.1) is 0 Å². The molecule has 0 aliphatic heterocycles. The average Bonchev–Trinajstić information content (AvgIpc) is 3.11. The Kier molecular flexibility index (Phi) is 7.05. The van der Waals surface area contributed by atoms with Crippen LogP contribution in [0.3, 0.4) is 0 Å². The van der Waals surface area contributed by atoms with Gasteiger partial charge in [-0.3, -0.25) is 4.79 Å². The lowest BCUT2D eigenvalue weighted by Crippen LogP contribution is -2.27. The fourth-order valence-electron chi connectivity index (χ4n) is 3.34. The Labute approximate surface area is 179 Å². The van der Waals surface area contributed by atoms with Gasteiger partial charge in [-0.1, -0.05) is 44.2 Å². The van der Waals surface area contributed by atoms with E-state index in [4.69, 9.17) is 4.74 Å². The number of nitrogens with zero attached hydrogens (tertiary/aromatic N) is 1. The fraction of sp³-hybridized carbons (Fsp3) is 0.292. The third kappa shape index (κ3) is 5.29. The van der Waals surface area contributed by atoms with E-state index in [1.165, 1.54) is 12.1 Å². The zero-order valence-corrected chi connectivity index (χ0v) is 17.3. The Morgan fingerprint density at radius 2 is 1.94 bits per heavy atom. The van der Waals surface area contributed by atoms with Gasteiger partial charge in [0.15, 0.2) is 0 Å². The molecule has 0 bridgehead atoms. The molecule has 7 heteroatoms. The molecule has 3 rings (SSSR count). The van der Waals surface area contributed by atoms with Gasteiger partial charge in [0.25, 0.3) is 5.91 Å². The van der Waals surface area contributed by atoms with Crippen LogP contribution in [0.2, 0.25) is 0 Å². The van der Waals surface area contributed by atoms with Crippen LogP contribution < -0.4 is 10.1 Å². The number of halogens is 3. The Bertz CT molecular complexity index is 1050. The molecule has 0 atom stereocenters. The van der Waals surface area contributed by atoms with E-state index in [1.54, 1.807) is 16.7 Å². The Hall–Kier alpha value is -3.22. The van der Waals surface area contributed by atoms with Crippen molar-refractivity contribution >= 4 is 16.8 Å². The van der Waals surface area contributed by atoms with E-state index in [0.29, 0.717) is 30.2 Å². The zero-order chi connectivity index (χ0) is 22.4. The lowest BCUT2D eigenvalue weighted by atomic mass is 10.1. The first-order chi connectivity index (χ1) is 14.8. The second-order valence-corrected chi connectivity index (χ2v) is 7.21. The van der Waals surface area contributed by atoms with Crippen LogP contribution >= 0.6 is 0 Å². The number of alkyl halides is 3. The minimum Gasteiger partial charge on any atom is -0.489 e. The summed E-state index contributed by atoms with van der Waals surface area (Å²) in [6, 6.07) is 12.2. The molecule has 0 saturated heterocycles. The number of carbonyl (C=O) groups excluding carboxylic acids is 1. The minimum absolute atomic E-state index is 0.230. The fourth-order valence-corrected chi connectivity index (χ4v) is 3.34. The van der Waals surface area contributed by atoms with Crippen LogP contribution in [-0.2, 0) is 12.7 Å². The largest absolute Gasteiger partial charge is 0.489 e. The number of unbranched alkanes of at least 4 members (excludes halogenated alkanes) is 1. The van der Waals surface area contributed by atoms with Gasteiger partial charge in [0.1, 0.15) is 18.1 Å².